The van der Waals surface area contributed by atoms with Crippen molar-refractivity contribution in [1.29, 1.82) is 0 Å². The lowest BCUT2D eigenvalue weighted by molar-refractivity contribution is -0.384. The summed E-state index contributed by atoms with van der Waals surface area (Å²) in [4.78, 5) is 12.9. The smallest absolute Gasteiger partial charge is 0.275 e. The zero-order chi connectivity index (χ0) is 15.0. The van der Waals surface area contributed by atoms with Crippen LogP contribution in [0.4, 0.5) is 11.4 Å². The van der Waals surface area contributed by atoms with E-state index in [0.29, 0.717) is 17.6 Å². The number of nitrogens with zero attached hydrogens (tertiary/aromatic N) is 2. The maximum atomic E-state index is 11.1. The van der Waals surface area contributed by atoms with Crippen molar-refractivity contribution >= 4 is 11.4 Å². The summed E-state index contributed by atoms with van der Waals surface area (Å²) < 4.78 is 5.19. The van der Waals surface area contributed by atoms with Crippen LogP contribution in [0.25, 0.3) is 0 Å². The Kier molecular flexibility index (Phi) is 3.71. The topological polar surface area (TPSA) is 81.6 Å². The molecule has 1 aliphatic carbocycles. The third-order valence-electron chi connectivity index (χ3n) is 4.84. The Morgan fingerprint density at radius 3 is 2.81 bits per heavy atom. The molecule has 114 valence electrons. The fourth-order valence-corrected chi connectivity index (χ4v) is 3.70. The first-order chi connectivity index (χ1) is 10.1. The molecule has 1 saturated heterocycles. The van der Waals surface area contributed by atoms with Crippen molar-refractivity contribution in [3.8, 4) is 5.75 Å². The number of rotatable bonds is 3. The maximum Gasteiger partial charge on any atom is 0.275 e. The van der Waals surface area contributed by atoms with Gasteiger partial charge >= 0.3 is 0 Å². The van der Waals surface area contributed by atoms with E-state index in [-0.39, 0.29) is 16.7 Å². The first kappa shape index (κ1) is 14.1. The van der Waals surface area contributed by atoms with Gasteiger partial charge in [0.1, 0.15) is 5.75 Å². The highest BCUT2D eigenvalue weighted by molar-refractivity contribution is 5.58. The molecule has 1 aliphatic heterocycles. The predicted molar refractivity (Wildman–Crippen MR) is 80.7 cm³/mol. The van der Waals surface area contributed by atoms with Crippen LogP contribution in [0.5, 0.6) is 5.75 Å². The number of anilines is 1. The van der Waals surface area contributed by atoms with Crippen LogP contribution in [0.15, 0.2) is 18.2 Å². The number of nitrogens with two attached hydrogens (primary N) is 1. The van der Waals surface area contributed by atoms with E-state index in [9.17, 15) is 10.1 Å². The second kappa shape index (κ2) is 5.52. The number of methoxy groups -OCH3 is 1. The highest BCUT2D eigenvalue weighted by Gasteiger charge is 2.39. The molecule has 6 heteroatoms. The average Bonchev–Trinajstić information content (AvgIpc) is 2.92. The summed E-state index contributed by atoms with van der Waals surface area (Å²) in [6, 6.07) is 5.22. The summed E-state index contributed by atoms with van der Waals surface area (Å²) >= 11 is 0. The van der Waals surface area contributed by atoms with E-state index < -0.39 is 0 Å². The van der Waals surface area contributed by atoms with Gasteiger partial charge in [0.05, 0.1) is 18.1 Å². The minimum atomic E-state index is -0.374. The summed E-state index contributed by atoms with van der Waals surface area (Å²) in [5, 5.41) is 11.1. The first-order valence-electron chi connectivity index (χ1n) is 7.42. The Morgan fingerprint density at radius 2 is 2.14 bits per heavy atom. The second-order valence-electron chi connectivity index (χ2n) is 6.07. The van der Waals surface area contributed by atoms with Crippen LogP contribution in [0.1, 0.15) is 19.3 Å². The molecular formula is C15H21N3O3. The van der Waals surface area contributed by atoms with Gasteiger partial charge in [0, 0.05) is 37.0 Å². The van der Waals surface area contributed by atoms with Gasteiger partial charge in [-0.3, -0.25) is 10.1 Å². The Labute approximate surface area is 124 Å². The lowest BCUT2D eigenvalue weighted by Gasteiger charge is -2.29. The molecule has 2 N–H and O–H groups in total. The van der Waals surface area contributed by atoms with E-state index in [1.807, 2.05) is 6.07 Å². The molecule has 0 radical (unpaired) electrons. The number of benzene rings is 1. The molecule has 0 spiro atoms. The average molecular weight is 291 g/mol. The lowest BCUT2D eigenvalue weighted by atomic mass is 9.78. The van der Waals surface area contributed by atoms with Crippen molar-refractivity contribution in [2.45, 2.75) is 25.3 Å². The molecule has 0 bridgehead atoms. The zero-order valence-electron chi connectivity index (χ0n) is 12.2. The van der Waals surface area contributed by atoms with Crippen LogP contribution in [0, 0.1) is 22.0 Å². The number of hydrogen-bond donors (Lipinski definition) is 1. The van der Waals surface area contributed by atoms with Crippen LogP contribution in [0.2, 0.25) is 0 Å². The number of non-ortho nitro benzene ring substituents is 1. The monoisotopic (exact) mass is 291 g/mol. The third-order valence-corrected chi connectivity index (χ3v) is 4.84. The molecule has 3 rings (SSSR count). The molecule has 1 aromatic carbocycles. The highest BCUT2D eigenvalue weighted by Crippen LogP contribution is 2.39. The SMILES string of the molecule is COc1cc(N2CC3CCCC(N)C3C2)cc([N+](=O)[O-])c1. The van der Waals surface area contributed by atoms with Gasteiger partial charge in [0.15, 0.2) is 0 Å². The largest absolute Gasteiger partial charge is 0.496 e. The number of nitro benzene ring substituents is 1. The molecule has 0 aromatic heterocycles. The van der Waals surface area contributed by atoms with Crippen molar-refractivity contribution < 1.29 is 9.66 Å². The predicted octanol–water partition coefficient (Wildman–Crippen LogP) is 2.17. The molecular weight excluding hydrogens is 270 g/mol. The minimum absolute atomic E-state index is 0.0727. The molecule has 3 atom stereocenters. The van der Waals surface area contributed by atoms with Gasteiger partial charge in [-0.25, -0.2) is 0 Å². The summed E-state index contributed by atoms with van der Waals surface area (Å²) in [5.74, 6) is 1.64. The van der Waals surface area contributed by atoms with Crippen LogP contribution in [-0.4, -0.2) is 31.2 Å². The second-order valence-corrected chi connectivity index (χ2v) is 6.07. The zero-order valence-corrected chi connectivity index (χ0v) is 12.2. The van der Waals surface area contributed by atoms with Crippen molar-refractivity contribution in [3.63, 3.8) is 0 Å². The fourth-order valence-electron chi connectivity index (χ4n) is 3.70. The Bertz CT molecular complexity index is 549. The summed E-state index contributed by atoms with van der Waals surface area (Å²) in [7, 11) is 1.53. The van der Waals surface area contributed by atoms with E-state index in [2.05, 4.69) is 4.90 Å². The van der Waals surface area contributed by atoms with Crippen LogP contribution < -0.4 is 15.4 Å². The van der Waals surface area contributed by atoms with Crippen molar-refractivity contribution in [2.24, 2.45) is 17.6 Å². The van der Waals surface area contributed by atoms with Gasteiger partial charge in [0.2, 0.25) is 0 Å². The Balaban J connectivity index is 1.87. The van der Waals surface area contributed by atoms with Crippen molar-refractivity contribution in [2.75, 3.05) is 25.1 Å². The van der Waals surface area contributed by atoms with E-state index in [4.69, 9.17) is 10.5 Å². The van der Waals surface area contributed by atoms with Gasteiger partial charge in [-0.2, -0.15) is 0 Å². The number of hydrogen-bond acceptors (Lipinski definition) is 5. The minimum Gasteiger partial charge on any atom is -0.496 e. The van der Waals surface area contributed by atoms with Gasteiger partial charge in [0.25, 0.3) is 5.69 Å². The molecule has 0 amide bonds. The normalized spacial score (nSPS) is 28.3. The van der Waals surface area contributed by atoms with E-state index in [1.54, 1.807) is 6.07 Å². The van der Waals surface area contributed by atoms with E-state index in [1.165, 1.54) is 26.0 Å². The summed E-state index contributed by atoms with van der Waals surface area (Å²) in [6.07, 6.45) is 3.49. The van der Waals surface area contributed by atoms with Crippen LogP contribution in [0.3, 0.4) is 0 Å². The number of ether oxygens (including phenoxy) is 1. The quantitative estimate of drug-likeness (QED) is 0.681. The van der Waals surface area contributed by atoms with Gasteiger partial charge in [-0.05, 0) is 24.7 Å². The van der Waals surface area contributed by atoms with Crippen molar-refractivity contribution in [3.05, 3.63) is 28.3 Å². The van der Waals surface area contributed by atoms with E-state index >= 15 is 0 Å². The standard InChI is InChI=1S/C15H21N3O3/c1-21-13-6-11(5-12(7-13)18(19)20)17-8-10-3-2-4-15(16)14(10)9-17/h5-7,10,14-15H,2-4,8-9,16H2,1H3. The highest BCUT2D eigenvalue weighted by atomic mass is 16.6. The van der Waals surface area contributed by atoms with Gasteiger partial charge < -0.3 is 15.4 Å². The molecule has 2 fully saturated rings. The summed E-state index contributed by atoms with van der Waals surface area (Å²) in [6.45, 7) is 1.82. The number of nitro groups is 1. The lowest BCUT2D eigenvalue weighted by Crippen LogP contribution is -2.38. The first-order valence-corrected chi connectivity index (χ1v) is 7.42. The van der Waals surface area contributed by atoms with Crippen molar-refractivity contribution in [1.82, 2.24) is 0 Å². The molecule has 1 heterocycles. The Hall–Kier alpha value is -1.82. The molecule has 1 aromatic rings. The molecule has 2 aliphatic rings. The number of fused-ring (bicyclic) bond motifs is 1. The third kappa shape index (κ3) is 2.68. The molecule has 6 nitrogen and oxygen atoms in total. The molecule has 21 heavy (non-hydrogen) atoms. The van der Waals surface area contributed by atoms with E-state index in [0.717, 1.165) is 25.2 Å². The maximum absolute atomic E-state index is 11.1. The van der Waals surface area contributed by atoms with Gasteiger partial charge in [-0.15, -0.1) is 0 Å². The van der Waals surface area contributed by atoms with Gasteiger partial charge in [-0.1, -0.05) is 6.42 Å². The van der Waals surface area contributed by atoms with Crippen LogP contribution in [-0.2, 0) is 0 Å². The molecule has 3 unspecified atom stereocenters. The van der Waals surface area contributed by atoms with Crippen LogP contribution >= 0.6 is 0 Å². The fraction of sp³-hybridized carbons (Fsp3) is 0.600. The Morgan fingerprint density at radius 1 is 1.33 bits per heavy atom. The summed E-state index contributed by atoms with van der Waals surface area (Å²) in [5.41, 5.74) is 7.17. The molecule has 1 saturated carbocycles.